The average molecular weight is 246 g/mol. The van der Waals surface area contributed by atoms with Crippen LogP contribution in [0.25, 0.3) is 0 Å². The Morgan fingerprint density at radius 3 is 2.72 bits per heavy atom. The van der Waals surface area contributed by atoms with Gasteiger partial charge in [0.25, 0.3) is 0 Å². The molecule has 0 amide bonds. The Bertz CT molecular complexity index is 508. The third-order valence-corrected chi connectivity index (χ3v) is 3.27. The predicted molar refractivity (Wildman–Crippen MR) is 66.8 cm³/mol. The maximum absolute atomic E-state index is 4.23. The highest BCUT2D eigenvalue weighted by atomic mass is 15.4. The molecule has 0 radical (unpaired) electrons. The van der Waals surface area contributed by atoms with E-state index in [0.717, 1.165) is 24.3 Å². The summed E-state index contributed by atoms with van der Waals surface area (Å²) < 4.78 is 3.68. The van der Waals surface area contributed by atoms with Crippen LogP contribution in [-0.2, 0) is 20.1 Å². The number of likely N-dealkylation sites (tertiary alicyclic amines) is 1. The van der Waals surface area contributed by atoms with Crippen LogP contribution in [0.1, 0.15) is 24.1 Å². The second-order valence-corrected chi connectivity index (χ2v) is 4.91. The Kier molecular flexibility index (Phi) is 3.10. The van der Waals surface area contributed by atoms with Gasteiger partial charge in [-0.25, -0.2) is 4.68 Å². The lowest BCUT2D eigenvalue weighted by Crippen LogP contribution is -2.18. The summed E-state index contributed by atoms with van der Waals surface area (Å²) in [5, 5.41) is 12.5. The Balaban J connectivity index is 1.62. The molecule has 0 unspecified atom stereocenters. The minimum absolute atomic E-state index is 0.737. The summed E-state index contributed by atoms with van der Waals surface area (Å²) in [6.07, 6.45) is 8.52. The molecule has 18 heavy (non-hydrogen) atoms. The van der Waals surface area contributed by atoms with E-state index in [1.54, 1.807) is 4.68 Å². The van der Waals surface area contributed by atoms with Crippen LogP contribution in [0.5, 0.6) is 0 Å². The summed E-state index contributed by atoms with van der Waals surface area (Å²) in [6.45, 7) is 4.04. The minimum Gasteiger partial charge on any atom is -0.297 e. The minimum atomic E-state index is 0.737. The molecular formula is C12H18N6. The monoisotopic (exact) mass is 246 g/mol. The average Bonchev–Trinajstić information content (AvgIpc) is 3.04. The summed E-state index contributed by atoms with van der Waals surface area (Å²) in [5.74, 6) is 0. The maximum atomic E-state index is 4.23. The molecule has 3 heterocycles. The molecule has 0 saturated carbocycles. The number of aromatic nitrogens is 5. The highest BCUT2D eigenvalue weighted by molar-refractivity contribution is 5.04. The molecule has 96 valence electrons. The molecule has 2 aromatic heterocycles. The van der Waals surface area contributed by atoms with Crippen LogP contribution in [0, 0.1) is 0 Å². The molecule has 6 nitrogen and oxygen atoms in total. The lowest BCUT2D eigenvalue weighted by Gasteiger charge is -2.11. The van der Waals surface area contributed by atoms with Crippen molar-refractivity contribution in [3.8, 4) is 0 Å². The van der Waals surface area contributed by atoms with Gasteiger partial charge in [-0.2, -0.15) is 5.10 Å². The van der Waals surface area contributed by atoms with Crippen LogP contribution >= 0.6 is 0 Å². The number of rotatable bonds is 4. The van der Waals surface area contributed by atoms with Crippen molar-refractivity contribution in [2.45, 2.75) is 25.9 Å². The predicted octanol–water partition coefficient (Wildman–Crippen LogP) is 0.656. The van der Waals surface area contributed by atoms with Gasteiger partial charge in [0, 0.05) is 25.4 Å². The summed E-state index contributed by atoms with van der Waals surface area (Å²) in [6, 6.07) is 0. The zero-order valence-electron chi connectivity index (χ0n) is 10.7. The van der Waals surface area contributed by atoms with Crippen LogP contribution < -0.4 is 0 Å². The SMILES string of the molecule is Cn1cc(Cn2cc(CN3CCCC3)nn2)cn1. The Morgan fingerprint density at radius 2 is 2.00 bits per heavy atom. The van der Waals surface area contributed by atoms with Crippen molar-refractivity contribution >= 4 is 0 Å². The smallest absolute Gasteiger partial charge is 0.0967 e. The van der Waals surface area contributed by atoms with Crippen molar-refractivity contribution in [2.75, 3.05) is 13.1 Å². The number of hydrogen-bond acceptors (Lipinski definition) is 4. The van der Waals surface area contributed by atoms with E-state index in [1.165, 1.54) is 25.9 Å². The molecule has 0 aromatic carbocycles. The number of aryl methyl sites for hydroxylation is 1. The van der Waals surface area contributed by atoms with E-state index in [9.17, 15) is 0 Å². The molecule has 6 heteroatoms. The fraction of sp³-hybridized carbons (Fsp3) is 0.583. The molecule has 0 bridgehead atoms. The first-order chi connectivity index (χ1) is 8.79. The van der Waals surface area contributed by atoms with Gasteiger partial charge in [-0.1, -0.05) is 5.21 Å². The fourth-order valence-electron chi connectivity index (χ4n) is 2.40. The van der Waals surface area contributed by atoms with Crippen molar-refractivity contribution in [1.82, 2.24) is 29.7 Å². The summed E-state index contributed by atoms with van der Waals surface area (Å²) >= 11 is 0. The molecule has 0 spiro atoms. The quantitative estimate of drug-likeness (QED) is 0.795. The van der Waals surface area contributed by atoms with E-state index in [-0.39, 0.29) is 0 Å². The molecule has 0 N–H and O–H groups in total. The van der Waals surface area contributed by atoms with Gasteiger partial charge in [-0.15, -0.1) is 5.10 Å². The Morgan fingerprint density at radius 1 is 1.17 bits per heavy atom. The fourth-order valence-corrected chi connectivity index (χ4v) is 2.40. The Labute approximate surface area is 106 Å². The second kappa shape index (κ2) is 4.89. The van der Waals surface area contributed by atoms with E-state index in [0.29, 0.717) is 0 Å². The zero-order chi connectivity index (χ0) is 12.4. The molecule has 0 atom stereocenters. The van der Waals surface area contributed by atoms with Gasteiger partial charge in [0.05, 0.1) is 24.6 Å². The van der Waals surface area contributed by atoms with Crippen LogP contribution in [-0.4, -0.2) is 42.8 Å². The van der Waals surface area contributed by atoms with E-state index >= 15 is 0 Å². The molecule has 1 aliphatic heterocycles. The second-order valence-electron chi connectivity index (χ2n) is 4.91. The molecular weight excluding hydrogens is 228 g/mol. The first-order valence-corrected chi connectivity index (χ1v) is 6.38. The highest BCUT2D eigenvalue weighted by Crippen LogP contribution is 2.11. The van der Waals surface area contributed by atoms with Gasteiger partial charge in [0.15, 0.2) is 0 Å². The van der Waals surface area contributed by atoms with Gasteiger partial charge in [-0.3, -0.25) is 9.58 Å². The van der Waals surface area contributed by atoms with E-state index in [2.05, 4.69) is 20.3 Å². The van der Waals surface area contributed by atoms with Crippen LogP contribution in [0.4, 0.5) is 0 Å². The highest BCUT2D eigenvalue weighted by Gasteiger charge is 2.13. The van der Waals surface area contributed by atoms with Gasteiger partial charge in [0.2, 0.25) is 0 Å². The van der Waals surface area contributed by atoms with Crippen LogP contribution in [0.3, 0.4) is 0 Å². The van der Waals surface area contributed by atoms with Crippen molar-refractivity contribution in [1.29, 1.82) is 0 Å². The third-order valence-electron chi connectivity index (χ3n) is 3.27. The molecule has 1 saturated heterocycles. The zero-order valence-corrected chi connectivity index (χ0v) is 10.7. The van der Waals surface area contributed by atoms with E-state index in [1.807, 2.05) is 30.3 Å². The van der Waals surface area contributed by atoms with Crippen molar-refractivity contribution < 1.29 is 0 Å². The Hall–Kier alpha value is -1.69. The van der Waals surface area contributed by atoms with Gasteiger partial charge < -0.3 is 0 Å². The topological polar surface area (TPSA) is 51.8 Å². The number of nitrogens with zero attached hydrogens (tertiary/aromatic N) is 6. The first-order valence-electron chi connectivity index (χ1n) is 6.38. The van der Waals surface area contributed by atoms with E-state index in [4.69, 9.17) is 0 Å². The molecule has 1 fully saturated rings. The summed E-state index contributed by atoms with van der Waals surface area (Å²) in [5.41, 5.74) is 2.20. The van der Waals surface area contributed by atoms with Crippen molar-refractivity contribution in [3.63, 3.8) is 0 Å². The van der Waals surface area contributed by atoms with Gasteiger partial charge >= 0.3 is 0 Å². The lowest BCUT2D eigenvalue weighted by atomic mass is 10.3. The standard InChI is InChI=1S/C12H18N6/c1-16-7-11(6-13-16)8-18-10-12(14-15-18)9-17-4-2-3-5-17/h6-7,10H,2-5,8-9H2,1H3. The van der Waals surface area contributed by atoms with E-state index < -0.39 is 0 Å². The van der Waals surface area contributed by atoms with Crippen LogP contribution in [0.2, 0.25) is 0 Å². The maximum Gasteiger partial charge on any atom is 0.0967 e. The normalized spacial score (nSPS) is 16.5. The summed E-state index contributed by atoms with van der Waals surface area (Å²) in [4.78, 5) is 2.43. The largest absolute Gasteiger partial charge is 0.297 e. The molecule has 0 aliphatic carbocycles. The molecule has 1 aliphatic rings. The third kappa shape index (κ3) is 2.59. The summed E-state index contributed by atoms with van der Waals surface area (Å²) in [7, 11) is 1.92. The molecule has 2 aromatic rings. The van der Waals surface area contributed by atoms with Crippen LogP contribution in [0.15, 0.2) is 18.6 Å². The first kappa shape index (κ1) is 11.4. The number of hydrogen-bond donors (Lipinski definition) is 0. The van der Waals surface area contributed by atoms with Gasteiger partial charge in [0.1, 0.15) is 0 Å². The van der Waals surface area contributed by atoms with Gasteiger partial charge in [-0.05, 0) is 25.9 Å². The lowest BCUT2D eigenvalue weighted by molar-refractivity contribution is 0.327. The molecule has 3 rings (SSSR count). The van der Waals surface area contributed by atoms with Crippen molar-refractivity contribution in [2.24, 2.45) is 7.05 Å². The van der Waals surface area contributed by atoms with Crippen molar-refractivity contribution in [3.05, 3.63) is 29.8 Å².